The average molecular weight is 368 g/mol. The predicted molar refractivity (Wildman–Crippen MR) is 104 cm³/mol. The van der Waals surface area contributed by atoms with Crippen molar-refractivity contribution in [1.29, 1.82) is 0 Å². The molecule has 1 heterocycles. The maximum atomic E-state index is 12.3. The van der Waals surface area contributed by atoms with Gasteiger partial charge in [-0.25, -0.2) is 0 Å². The predicted octanol–water partition coefficient (Wildman–Crippen LogP) is 4.25. The number of carbonyl (C=O) groups is 1. The fourth-order valence-corrected chi connectivity index (χ4v) is 3.21. The van der Waals surface area contributed by atoms with Crippen molar-refractivity contribution in [2.24, 2.45) is 0 Å². The van der Waals surface area contributed by atoms with E-state index in [-0.39, 0.29) is 17.0 Å². The minimum absolute atomic E-state index is 0.0167. The molecule has 1 aliphatic rings. The van der Waals surface area contributed by atoms with E-state index in [4.69, 9.17) is 4.74 Å². The Morgan fingerprint density at radius 1 is 1.11 bits per heavy atom. The smallest absolute Gasteiger partial charge is 0.269 e. The monoisotopic (exact) mass is 368 g/mol. The summed E-state index contributed by atoms with van der Waals surface area (Å²) < 4.78 is 5.80. The number of anilines is 1. The third-order valence-electron chi connectivity index (χ3n) is 4.78. The molecular weight excluding hydrogens is 344 g/mol. The molecule has 2 aromatic carbocycles. The lowest BCUT2D eigenvalue weighted by Gasteiger charge is -2.29. The Labute approximate surface area is 158 Å². The summed E-state index contributed by atoms with van der Waals surface area (Å²) in [5.41, 5.74) is 2.95. The Morgan fingerprint density at radius 2 is 1.81 bits per heavy atom. The van der Waals surface area contributed by atoms with Gasteiger partial charge in [-0.1, -0.05) is 32.9 Å². The molecule has 2 aromatic rings. The Balaban J connectivity index is 1.66. The Bertz CT molecular complexity index is 853. The number of nitro benzene ring substituents is 1. The first kappa shape index (κ1) is 18.9. The Hall–Kier alpha value is -2.89. The second-order valence-electron chi connectivity index (χ2n) is 7.74. The van der Waals surface area contributed by atoms with E-state index in [1.165, 1.54) is 11.6 Å². The number of aryl methyl sites for hydroxylation is 1. The van der Waals surface area contributed by atoms with Gasteiger partial charge in [-0.15, -0.1) is 0 Å². The summed E-state index contributed by atoms with van der Waals surface area (Å²) in [5.74, 6) is 0.777. The number of ether oxygens (including phenoxy) is 1. The first-order chi connectivity index (χ1) is 12.8. The van der Waals surface area contributed by atoms with Gasteiger partial charge in [0.2, 0.25) is 5.91 Å². The van der Waals surface area contributed by atoms with Gasteiger partial charge in [0.05, 0.1) is 11.5 Å². The van der Waals surface area contributed by atoms with Crippen molar-refractivity contribution in [2.45, 2.75) is 39.0 Å². The quantitative estimate of drug-likeness (QED) is 0.584. The molecule has 3 rings (SSSR count). The van der Waals surface area contributed by atoms with Crippen LogP contribution in [0.1, 0.15) is 38.3 Å². The minimum Gasteiger partial charge on any atom is -0.492 e. The molecule has 0 saturated carbocycles. The first-order valence-electron chi connectivity index (χ1n) is 9.07. The molecule has 0 atom stereocenters. The van der Waals surface area contributed by atoms with E-state index in [9.17, 15) is 14.9 Å². The van der Waals surface area contributed by atoms with Crippen LogP contribution in [-0.2, 0) is 16.6 Å². The zero-order valence-electron chi connectivity index (χ0n) is 15.9. The van der Waals surface area contributed by atoms with Gasteiger partial charge in [-0.2, -0.15) is 0 Å². The molecular formula is C21H24N2O4. The van der Waals surface area contributed by atoms with Crippen LogP contribution in [0.25, 0.3) is 0 Å². The lowest BCUT2D eigenvalue weighted by atomic mass is 9.87. The van der Waals surface area contributed by atoms with Crippen LogP contribution in [0.3, 0.4) is 0 Å². The number of rotatable bonds is 5. The zero-order chi connectivity index (χ0) is 19.6. The Kier molecular flexibility index (Phi) is 5.17. The van der Waals surface area contributed by atoms with Gasteiger partial charge in [0.15, 0.2) is 0 Å². The molecule has 6 nitrogen and oxygen atoms in total. The minimum atomic E-state index is -0.411. The van der Waals surface area contributed by atoms with Crippen LogP contribution >= 0.6 is 0 Å². The average Bonchev–Trinajstić information content (AvgIpc) is 2.62. The molecule has 0 radical (unpaired) electrons. The van der Waals surface area contributed by atoms with Gasteiger partial charge < -0.3 is 9.64 Å². The highest BCUT2D eigenvalue weighted by Crippen LogP contribution is 2.31. The summed E-state index contributed by atoms with van der Waals surface area (Å²) in [4.78, 5) is 24.5. The first-order valence-corrected chi connectivity index (χ1v) is 9.07. The maximum Gasteiger partial charge on any atom is 0.269 e. The van der Waals surface area contributed by atoms with Crippen molar-refractivity contribution in [3.8, 4) is 5.75 Å². The second-order valence-corrected chi connectivity index (χ2v) is 7.74. The SMILES string of the molecule is CC(C)(C)c1ccc(OCCN2C(=O)CCc3cc([N+](=O)[O-])ccc32)cc1. The lowest BCUT2D eigenvalue weighted by molar-refractivity contribution is -0.384. The molecule has 0 fully saturated rings. The molecule has 1 aliphatic heterocycles. The van der Waals surface area contributed by atoms with E-state index in [2.05, 4.69) is 32.9 Å². The molecule has 0 saturated heterocycles. The topological polar surface area (TPSA) is 72.7 Å². The van der Waals surface area contributed by atoms with Crippen molar-refractivity contribution < 1.29 is 14.5 Å². The van der Waals surface area contributed by atoms with Crippen LogP contribution < -0.4 is 9.64 Å². The number of fused-ring (bicyclic) bond motifs is 1. The highest BCUT2D eigenvalue weighted by atomic mass is 16.6. The zero-order valence-corrected chi connectivity index (χ0v) is 15.9. The molecule has 0 aromatic heterocycles. The standard InChI is InChI=1S/C21H24N2O4/c1-21(2,3)16-5-8-18(9-6-16)27-13-12-22-19-10-7-17(23(25)26)14-15(19)4-11-20(22)24/h5-10,14H,4,11-13H2,1-3H3. The van der Waals surface area contributed by atoms with E-state index in [0.717, 1.165) is 17.0 Å². The number of carbonyl (C=O) groups excluding carboxylic acids is 1. The Morgan fingerprint density at radius 3 is 2.44 bits per heavy atom. The molecule has 0 N–H and O–H groups in total. The van der Waals surface area contributed by atoms with Crippen LogP contribution in [0.4, 0.5) is 11.4 Å². The molecule has 1 amide bonds. The highest BCUT2D eigenvalue weighted by Gasteiger charge is 2.25. The van der Waals surface area contributed by atoms with Gasteiger partial charge in [-0.3, -0.25) is 14.9 Å². The molecule has 0 spiro atoms. The van der Waals surface area contributed by atoms with Crippen LogP contribution in [0.5, 0.6) is 5.75 Å². The van der Waals surface area contributed by atoms with E-state index in [0.29, 0.717) is 26.0 Å². The summed E-state index contributed by atoms with van der Waals surface area (Å²) in [7, 11) is 0. The summed E-state index contributed by atoms with van der Waals surface area (Å²) in [6, 6.07) is 12.6. The summed E-state index contributed by atoms with van der Waals surface area (Å²) in [6.45, 7) is 7.24. The van der Waals surface area contributed by atoms with Gasteiger partial charge in [0.1, 0.15) is 12.4 Å². The largest absolute Gasteiger partial charge is 0.492 e. The summed E-state index contributed by atoms with van der Waals surface area (Å²) in [6.07, 6.45) is 0.885. The third kappa shape index (κ3) is 4.27. The van der Waals surface area contributed by atoms with Crippen molar-refractivity contribution in [3.05, 3.63) is 63.7 Å². The number of nitro groups is 1. The van der Waals surface area contributed by atoms with Crippen molar-refractivity contribution in [1.82, 2.24) is 0 Å². The van der Waals surface area contributed by atoms with Gasteiger partial charge in [-0.05, 0) is 41.2 Å². The second kappa shape index (κ2) is 7.39. The fourth-order valence-electron chi connectivity index (χ4n) is 3.21. The number of hydrogen-bond donors (Lipinski definition) is 0. The van der Waals surface area contributed by atoms with Crippen molar-refractivity contribution in [3.63, 3.8) is 0 Å². The van der Waals surface area contributed by atoms with Gasteiger partial charge >= 0.3 is 0 Å². The molecule has 27 heavy (non-hydrogen) atoms. The van der Waals surface area contributed by atoms with Crippen molar-refractivity contribution >= 4 is 17.3 Å². The van der Waals surface area contributed by atoms with E-state index in [1.807, 2.05) is 12.1 Å². The molecule has 0 bridgehead atoms. The molecule has 0 aliphatic carbocycles. The van der Waals surface area contributed by atoms with Gasteiger partial charge in [0.25, 0.3) is 5.69 Å². The molecule has 0 unspecified atom stereocenters. The van der Waals surface area contributed by atoms with E-state index >= 15 is 0 Å². The summed E-state index contributed by atoms with van der Waals surface area (Å²) >= 11 is 0. The van der Waals surface area contributed by atoms with Crippen LogP contribution in [0.2, 0.25) is 0 Å². The maximum absolute atomic E-state index is 12.3. The number of amides is 1. The number of non-ortho nitro benzene ring substituents is 1. The van der Waals surface area contributed by atoms with Crippen LogP contribution in [0.15, 0.2) is 42.5 Å². The van der Waals surface area contributed by atoms with Crippen LogP contribution in [0, 0.1) is 10.1 Å². The van der Waals surface area contributed by atoms with Gasteiger partial charge in [0, 0.05) is 24.2 Å². The van der Waals surface area contributed by atoms with Crippen molar-refractivity contribution in [2.75, 3.05) is 18.1 Å². The number of hydrogen-bond acceptors (Lipinski definition) is 4. The molecule has 142 valence electrons. The van der Waals surface area contributed by atoms with E-state index < -0.39 is 4.92 Å². The summed E-state index contributed by atoms with van der Waals surface area (Å²) in [5, 5.41) is 11.0. The number of benzene rings is 2. The fraction of sp³-hybridized carbons (Fsp3) is 0.381. The van der Waals surface area contributed by atoms with Crippen LogP contribution in [-0.4, -0.2) is 24.0 Å². The number of nitrogens with zero attached hydrogens (tertiary/aromatic N) is 2. The van der Waals surface area contributed by atoms with E-state index in [1.54, 1.807) is 17.0 Å². The lowest BCUT2D eigenvalue weighted by Crippen LogP contribution is -2.38. The third-order valence-corrected chi connectivity index (χ3v) is 4.78. The highest BCUT2D eigenvalue weighted by molar-refractivity contribution is 5.96. The normalized spacial score (nSPS) is 14.0. The molecule has 6 heteroatoms.